The van der Waals surface area contributed by atoms with Gasteiger partial charge >= 0.3 is 0 Å². The third-order valence-electron chi connectivity index (χ3n) is 6.20. The summed E-state index contributed by atoms with van der Waals surface area (Å²) in [6.45, 7) is 1.81. The summed E-state index contributed by atoms with van der Waals surface area (Å²) >= 11 is 0. The summed E-state index contributed by atoms with van der Waals surface area (Å²) in [5, 5.41) is 2.81. The third-order valence-corrected chi connectivity index (χ3v) is 6.20. The summed E-state index contributed by atoms with van der Waals surface area (Å²) in [6.07, 6.45) is 2.50. The maximum absolute atomic E-state index is 13.3. The van der Waals surface area contributed by atoms with Crippen LogP contribution in [0.25, 0.3) is 0 Å². The van der Waals surface area contributed by atoms with E-state index in [9.17, 15) is 14.4 Å². The van der Waals surface area contributed by atoms with Crippen LogP contribution in [-0.4, -0.2) is 61.4 Å². The second kappa shape index (κ2) is 8.53. The Balaban J connectivity index is 1.38. The number of nitrogens with zero attached hydrogens (tertiary/aromatic N) is 3. The van der Waals surface area contributed by atoms with Crippen molar-refractivity contribution in [1.82, 2.24) is 4.90 Å². The number of fused-ring (bicyclic) bond motifs is 2. The van der Waals surface area contributed by atoms with Gasteiger partial charge in [-0.2, -0.15) is 0 Å². The molecule has 166 valence electrons. The van der Waals surface area contributed by atoms with E-state index in [4.69, 9.17) is 4.74 Å². The molecular weight excluding hydrogens is 408 g/mol. The van der Waals surface area contributed by atoms with E-state index in [2.05, 4.69) is 5.32 Å². The molecule has 3 aliphatic rings. The van der Waals surface area contributed by atoms with Crippen molar-refractivity contribution >= 4 is 34.8 Å². The lowest BCUT2D eigenvalue weighted by atomic mass is 10.1. The van der Waals surface area contributed by atoms with Crippen molar-refractivity contribution in [3.8, 4) is 5.75 Å². The number of carbonyl (C=O) groups excluding carboxylic acids is 3. The number of likely N-dealkylation sites (tertiary alicyclic amines) is 1. The Bertz CT molecular complexity index is 1050. The van der Waals surface area contributed by atoms with Crippen molar-refractivity contribution in [3.63, 3.8) is 0 Å². The summed E-state index contributed by atoms with van der Waals surface area (Å²) in [6, 6.07) is 14.7. The van der Waals surface area contributed by atoms with Crippen LogP contribution in [0.2, 0.25) is 0 Å². The quantitative estimate of drug-likeness (QED) is 0.801. The minimum Gasteiger partial charge on any atom is -0.477 e. The number of benzene rings is 2. The number of ether oxygens (including phenoxy) is 1. The van der Waals surface area contributed by atoms with Gasteiger partial charge in [0, 0.05) is 13.1 Å². The molecule has 2 aromatic rings. The lowest BCUT2D eigenvalue weighted by Gasteiger charge is -2.39. The number of hydrogen-bond acceptors (Lipinski definition) is 5. The van der Waals surface area contributed by atoms with Crippen LogP contribution >= 0.6 is 0 Å². The summed E-state index contributed by atoms with van der Waals surface area (Å²) in [4.78, 5) is 43.9. The fraction of sp³-hybridized carbons (Fsp3) is 0.375. The summed E-state index contributed by atoms with van der Waals surface area (Å²) < 4.78 is 6.06. The zero-order chi connectivity index (χ0) is 22.1. The Labute approximate surface area is 186 Å². The maximum Gasteiger partial charge on any atom is 0.265 e. The summed E-state index contributed by atoms with van der Waals surface area (Å²) in [5.74, 6) is 0.142. The van der Waals surface area contributed by atoms with Crippen molar-refractivity contribution in [2.45, 2.75) is 25.4 Å². The van der Waals surface area contributed by atoms with Crippen LogP contribution in [0.1, 0.15) is 19.3 Å². The van der Waals surface area contributed by atoms with Gasteiger partial charge in [0.1, 0.15) is 12.3 Å². The summed E-state index contributed by atoms with van der Waals surface area (Å²) in [5.41, 5.74) is 2.08. The van der Waals surface area contributed by atoms with Crippen molar-refractivity contribution in [3.05, 3.63) is 48.5 Å². The minimum atomic E-state index is -0.659. The number of rotatable bonds is 3. The highest BCUT2D eigenvalue weighted by Gasteiger charge is 2.36. The number of anilines is 3. The Morgan fingerprint density at radius 2 is 1.69 bits per heavy atom. The summed E-state index contributed by atoms with van der Waals surface area (Å²) in [7, 11) is 0. The number of nitrogens with one attached hydrogen (secondary N) is 1. The molecule has 0 bridgehead atoms. The van der Waals surface area contributed by atoms with Crippen LogP contribution < -0.4 is 19.9 Å². The van der Waals surface area contributed by atoms with Gasteiger partial charge < -0.3 is 19.9 Å². The number of piperidine rings is 1. The zero-order valence-corrected chi connectivity index (χ0v) is 17.8. The van der Waals surface area contributed by atoms with Crippen molar-refractivity contribution in [2.75, 3.05) is 47.8 Å². The normalized spacial score (nSPS) is 20.1. The molecule has 0 aromatic heterocycles. The van der Waals surface area contributed by atoms with Crippen molar-refractivity contribution < 1.29 is 19.1 Å². The molecule has 1 N–H and O–H groups in total. The largest absolute Gasteiger partial charge is 0.477 e. The van der Waals surface area contributed by atoms with Gasteiger partial charge in [0.25, 0.3) is 5.91 Å². The first-order valence-electron chi connectivity index (χ1n) is 11.1. The van der Waals surface area contributed by atoms with Gasteiger partial charge in [-0.1, -0.05) is 24.3 Å². The fourth-order valence-electron chi connectivity index (χ4n) is 4.61. The molecule has 8 heteroatoms. The van der Waals surface area contributed by atoms with Crippen LogP contribution in [0.4, 0.5) is 17.1 Å². The molecule has 1 saturated heterocycles. The first kappa shape index (κ1) is 20.4. The Kier molecular flexibility index (Phi) is 5.43. The molecule has 32 heavy (non-hydrogen) atoms. The SMILES string of the molecule is O=C1CN(C(=O)CN2C[C@@H](C(=O)N3CCCCC3)Oc3ccccc32)c2ccccc2N1. The highest BCUT2D eigenvalue weighted by atomic mass is 16.5. The van der Waals surface area contributed by atoms with Crippen LogP contribution in [0.5, 0.6) is 5.75 Å². The molecule has 8 nitrogen and oxygen atoms in total. The molecule has 3 aliphatic heterocycles. The third kappa shape index (κ3) is 3.88. The number of para-hydroxylation sites is 4. The zero-order valence-electron chi connectivity index (χ0n) is 17.8. The van der Waals surface area contributed by atoms with E-state index >= 15 is 0 Å². The van der Waals surface area contributed by atoms with Gasteiger partial charge in [0.15, 0.2) is 6.10 Å². The number of hydrogen-bond donors (Lipinski definition) is 1. The molecule has 0 saturated carbocycles. The smallest absolute Gasteiger partial charge is 0.265 e. The van der Waals surface area contributed by atoms with Gasteiger partial charge in [0.2, 0.25) is 11.8 Å². The van der Waals surface area contributed by atoms with Gasteiger partial charge in [-0.25, -0.2) is 0 Å². The predicted molar refractivity (Wildman–Crippen MR) is 121 cm³/mol. The van der Waals surface area contributed by atoms with Crippen LogP contribution in [0.15, 0.2) is 48.5 Å². The van der Waals surface area contributed by atoms with E-state index in [0.717, 1.165) is 38.0 Å². The van der Waals surface area contributed by atoms with Crippen LogP contribution in [0, 0.1) is 0 Å². The molecule has 3 amide bonds. The van der Waals surface area contributed by atoms with E-state index in [1.807, 2.05) is 52.3 Å². The first-order chi connectivity index (χ1) is 15.6. The molecule has 1 fully saturated rings. The van der Waals surface area contributed by atoms with E-state index in [0.29, 0.717) is 23.7 Å². The highest BCUT2D eigenvalue weighted by Crippen LogP contribution is 2.35. The molecular formula is C24H26N4O4. The Morgan fingerprint density at radius 3 is 2.50 bits per heavy atom. The molecule has 0 unspecified atom stereocenters. The second-order valence-electron chi connectivity index (χ2n) is 8.39. The van der Waals surface area contributed by atoms with E-state index in [1.165, 1.54) is 4.90 Å². The maximum atomic E-state index is 13.3. The van der Waals surface area contributed by atoms with E-state index in [1.54, 1.807) is 6.07 Å². The Morgan fingerprint density at radius 1 is 0.969 bits per heavy atom. The van der Waals surface area contributed by atoms with Gasteiger partial charge in [0.05, 0.1) is 30.2 Å². The standard InChI is InChI=1S/C24H26N4O4/c29-22-15-28(18-9-3-2-8-17(18)25-22)23(30)16-27-14-21(24(31)26-12-6-1-7-13-26)32-20-11-5-4-10-19(20)27/h2-5,8-11,21H,1,6-7,12-16H2,(H,25,29)/t21-/m0/s1. The van der Waals surface area contributed by atoms with Crippen LogP contribution in [0.3, 0.4) is 0 Å². The molecule has 0 aliphatic carbocycles. The molecule has 5 rings (SSSR count). The molecule has 3 heterocycles. The average molecular weight is 434 g/mol. The molecule has 0 radical (unpaired) electrons. The first-order valence-corrected chi connectivity index (χ1v) is 11.1. The fourth-order valence-corrected chi connectivity index (χ4v) is 4.61. The Hall–Kier alpha value is -3.55. The van der Waals surface area contributed by atoms with Crippen LogP contribution in [-0.2, 0) is 14.4 Å². The van der Waals surface area contributed by atoms with Gasteiger partial charge in [-0.3, -0.25) is 19.3 Å². The second-order valence-corrected chi connectivity index (χ2v) is 8.39. The lowest BCUT2D eigenvalue weighted by Crippen LogP contribution is -2.54. The molecule has 2 aromatic carbocycles. The van der Waals surface area contributed by atoms with Gasteiger partial charge in [-0.15, -0.1) is 0 Å². The molecule has 0 spiro atoms. The topological polar surface area (TPSA) is 82.2 Å². The van der Waals surface area contributed by atoms with Crippen molar-refractivity contribution in [1.29, 1.82) is 0 Å². The minimum absolute atomic E-state index is 0.0284. The van der Waals surface area contributed by atoms with Gasteiger partial charge in [-0.05, 0) is 43.5 Å². The lowest BCUT2D eigenvalue weighted by molar-refractivity contribution is -0.139. The van der Waals surface area contributed by atoms with E-state index in [-0.39, 0.29) is 30.8 Å². The van der Waals surface area contributed by atoms with E-state index < -0.39 is 6.10 Å². The number of carbonyl (C=O) groups is 3. The predicted octanol–water partition coefficient (Wildman–Crippen LogP) is 2.25. The monoisotopic (exact) mass is 434 g/mol. The van der Waals surface area contributed by atoms with Crippen molar-refractivity contribution in [2.24, 2.45) is 0 Å². The molecule has 1 atom stereocenters. The average Bonchev–Trinajstić information content (AvgIpc) is 2.83. The number of amides is 3. The highest BCUT2D eigenvalue weighted by molar-refractivity contribution is 6.11.